The number of guanidine groups is 2. The summed E-state index contributed by atoms with van der Waals surface area (Å²) < 4.78 is 0. The normalized spacial score (nSPS) is 17.4. The molecule has 0 radical (unpaired) electrons. The quantitative estimate of drug-likeness (QED) is 0.426. The molecule has 168 valence electrons. The Kier molecular flexibility index (Phi) is 11.9. The number of carboxylic acid groups (broad SMARTS) is 1. The smallest absolute Gasteiger partial charge is 0.300 e. The average molecular weight is 438 g/mol. The van der Waals surface area contributed by atoms with Crippen LogP contribution in [0.5, 0.6) is 0 Å². The molecular formula is C22H36ClN5O2. The van der Waals surface area contributed by atoms with Gasteiger partial charge in [0.15, 0.2) is 11.9 Å². The van der Waals surface area contributed by atoms with Gasteiger partial charge in [0.2, 0.25) is 0 Å². The minimum Gasteiger partial charge on any atom is -0.481 e. The number of rotatable bonds is 9. The fraction of sp³-hybridized carbons (Fsp3) is 0.591. The van der Waals surface area contributed by atoms with Gasteiger partial charge in [0.1, 0.15) is 5.66 Å². The second-order valence-electron chi connectivity index (χ2n) is 7.81. The number of nitrogens with zero attached hydrogens (tertiary/aromatic N) is 2. The van der Waals surface area contributed by atoms with E-state index in [4.69, 9.17) is 21.5 Å². The number of unbranched alkanes of at least 4 members (excludes halogenated alkanes) is 5. The van der Waals surface area contributed by atoms with Crippen molar-refractivity contribution in [2.24, 2.45) is 9.98 Å². The highest BCUT2D eigenvalue weighted by atomic mass is 35.5. The number of carboxylic acids is 1. The third-order valence-electron chi connectivity index (χ3n) is 4.21. The first-order chi connectivity index (χ1) is 14.2. The highest BCUT2D eigenvalue weighted by Gasteiger charge is 2.26. The van der Waals surface area contributed by atoms with E-state index >= 15 is 0 Å². The van der Waals surface area contributed by atoms with Crippen LogP contribution in [0.1, 0.15) is 71.8 Å². The maximum atomic E-state index is 9.00. The third-order valence-corrected chi connectivity index (χ3v) is 4.47. The summed E-state index contributed by atoms with van der Waals surface area (Å²) in [5, 5.41) is 18.1. The van der Waals surface area contributed by atoms with Crippen molar-refractivity contribution in [1.29, 1.82) is 0 Å². The van der Waals surface area contributed by atoms with Gasteiger partial charge in [0, 0.05) is 18.5 Å². The van der Waals surface area contributed by atoms with Gasteiger partial charge in [-0.1, -0.05) is 62.8 Å². The number of aliphatic carboxylic acids is 1. The molecule has 1 aromatic rings. The number of carbonyl (C=O) groups is 1. The third kappa shape index (κ3) is 12.3. The lowest BCUT2D eigenvalue weighted by Gasteiger charge is -2.36. The SMILES string of the molecule is CC(=O)O.CCCCCCCCN=C1NC(=NCc2ccc(Cl)cc2)NC(C)(C)N1. The van der Waals surface area contributed by atoms with Gasteiger partial charge in [-0.25, -0.2) is 4.99 Å². The summed E-state index contributed by atoms with van der Waals surface area (Å²) >= 11 is 5.93. The monoisotopic (exact) mass is 437 g/mol. The number of nitrogens with one attached hydrogen (secondary N) is 3. The lowest BCUT2D eigenvalue weighted by Crippen LogP contribution is -2.68. The highest BCUT2D eigenvalue weighted by molar-refractivity contribution is 6.30. The zero-order valence-electron chi connectivity index (χ0n) is 18.6. The Labute approximate surface area is 185 Å². The maximum Gasteiger partial charge on any atom is 0.300 e. The van der Waals surface area contributed by atoms with Crippen molar-refractivity contribution in [3.8, 4) is 0 Å². The van der Waals surface area contributed by atoms with Crippen LogP contribution in [0.2, 0.25) is 5.02 Å². The van der Waals surface area contributed by atoms with Crippen LogP contribution in [-0.4, -0.2) is 35.2 Å². The molecule has 30 heavy (non-hydrogen) atoms. The van der Waals surface area contributed by atoms with E-state index in [1.54, 1.807) is 0 Å². The van der Waals surface area contributed by atoms with Crippen LogP contribution >= 0.6 is 11.6 Å². The second-order valence-corrected chi connectivity index (χ2v) is 8.24. The first-order valence-corrected chi connectivity index (χ1v) is 11.0. The minimum atomic E-state index is -0.833. The molecule has 0 aliphatic carbocycles. The zero-order chi connectivity index (χ0) is 22.4. The van der Waals surface area contributed by atoms with Crippen LogP contribution in [0.3, 0.4) is 0 Å². The van der Waals surface area contributed by atoms with E-state index in [2.05, 4.69) is 46.7 Å². The number of hydrogen-bond acceptors (Lipinski definition) is 3. The molecule has 0 unspecified atom stereocenters. The van der Waals surface area contributed by atoms with Crippen molar-refractivity contribution in [2.45, 2.75) is 78.4 Å². The molecular weight excluding hydrogens is 402 g/mol. The van der Waals surface area contributed by atoms with Crippen molar-refractivity contribution in [3.63, 3.8) is 0 Å². The van der Waals surface area contributed by atoms with Crippen molar-refractivity contribution in [1.82, 2.24) is 16.0 Å². The molecule has 1 aromatic carbocycles. The van der Waals surface area contributed by atoms with Crippen LogP contribution in [0, 0.1) is 0 Å². The van der Waals surface area contributed by atoms with Gasteiger partial charge >= 0.3 is 0 Å². The van der Waals surface area contributed by atoms with E-state index in [0.29, 0.717) is 6.54 Å². The van der Waals surface area contributed by atoms with E-state index in [0.717, 1.165) is 42.4 Å². The van der Waals surface area contributed by atoms with Crippen LogP contribution in [-0.2, 0) is 11.3 Å². The Morgan fingerprint density at radius 1 is 1.00 bits per heavy atom. The predicted molar refractivity (Wildman–Crippen MR) is 125 cm³/mol. The van der Waals surface area contributed by atoms with Gasteiger partial charge in [0.25, 0.3) is 5.97 Å². The van der Waals surface area contributed by atoms with Crippen molar-refractivity contribution >= 4 is 29.5 Å². The molecule has 0 amide bonds. The Balaban J connectivity index is 0.00000103. The summed E-state index contributed by atoms with van der Waals surface area (Å²) in [6, 6.07) is 7.76. The molecule has 0 spiro atoms. The molecule has 0 bridgehead atoms. The number of halogens is 1. The maximum absolute atomic E-state index is 9.00. The molecule has 0 atom stereocenters. The van der Waals surface area contributed by atoms with E-state index in [1.165, 1.54) is 32.1 Å². The fourth-order valence-corrected chi connectivity index (χ4v) is 2.93. The second kappa shape index (κ2) is 13.9. The molecule has 4 N–H and O–H groups in total. The molecule has 1 fully saturated rings. The number of benzene rings is 1. The molecule has 1 aliphatic rings. The molecule has 7 nitrogen and oxygen atoms in total. The van der Waals surface area contributed by atoms with Gasteiger partial charge < -0.3 is 15.7 Å². The molecule has 1 saturated heterocycles. The van der Waals surface area contributed by atoms with Crippen LogP contribution in [0.15, 0.2) is 34.3 Å². The minimum absolute atomic E-state index is 0.288. The first kappa shape index (κ1) is 25.8. The van der Waals surface area contributed by atoms with Crippen molar-refractivity contribution in [2.75, 3.05) is 6.54 Å². The van der Waals surface area contributed by atoms with Gasteiger partial charge in [-0.3, -0.25) is 15.1 Å². The van der Waals surface area contributed by atoms with Gasteiger partial charge in [-0.15, -0.1) is 0 Å². The van der Waals surface area contributed by atoms with Gasteiger partial charge in [-0.05, 0) is 38.0 Å². The zero-order valence-corrected chi connectivity index (χ0v) is 19.4. The molecule has 8 heteroatoms. The lowest BCUT2D eigenvalue weighted by molar-refractivity contribution is -0.134. The molecule has 0 aromatic heterocycles. The Bertz CT molecular complexity index is 698. The Hall–Kier alpha value is -2.28. The summed E-state index contributed by atoms with van der Waals surface area (Å²) in [6.07, 6.45) is 7.64. The topological polar surface area (TPSA) is 98.1 Å². The summed E-state index contributed by atoms with van der Waals surface area (Å²) in [4.78, 5) is 18.3. The van der Waals surface area contributed by atoms with E-state index in [1.807, 2.05) is 24.3 Å². The van der Waals surface area contributed by atoms with Gasteiger partial charge in [-0.2, -0.15) is 0 Å². The van der Waals surface area contributed by atoms with Crippen molar-refractivity contribution < 1.29 is 9.90 Å². The summed E-state index contributed by atoms with van der Waals surface area (Å²) in [5.74, 6) is 0.697. The molecule has 1 heterocycles. The van der Waals surface area contributed by atoms with Crippen LogP contribution in [0.25, 0.3) is 0 Å². The molecule has 2 rings (SSSR count). The largest absolute Gasteiger partial charge is 0.481 e. The van der Waals surface area contributed by atoms with Crippen LogP contribution < -0.4 is 16.0 Å². The highest BCUT2D eigenvalue weighted by Crippen LogP contribution is 2.11. The van der Waals surface area contributed by atoms with E-state index in [-0.39, 0.29) is 5.66 Å². The number of aliphatic imine (C=N–C) groups is 2. The van der Waals surface area contributed by atoms with Crippen LogP contribution in [0.4, 0.5) is 0 Å². The first-order valence-electron chi connectivity index (χ1n) is 10.6. The standard InChI is InChI=1S/C20H32ClN5.C2H4O2/c1-4-5-6-7-8-9-14-22-18-24-19(26-20(2,3)25-18)23-15-16-10-12-17(21)13-11-16;1-2(3)4/h10-13H,4-9,14-15H2,1-3H3,(H3,22,23,24,25,26);1H3,(H,3,4). The van der Waals surface area contributed by atoms with Gasteiger partial charge in [0.05, 0.1) is 6.54 Å². The Morgan fingerprint density at radius 3 is 2.13 bits per heavy atom. The molecule has 0 saturated carbocycles. The summed E-state index contributed by atoms with van der Waals surface area (Å²) in [7, 11) is 0. The Morgan fingerprint density at radius 2 is 1.53 bits per heavy atom. The average Bonchev–Trinajstić information content (AvgIpc) is 2.65. The fourth-order valence-electron chi connectivity index (χ4n) is 2.80. The van der Waals surface area contributed by atoms with E-state index in [9.17, 15) is 0 Å². The summed E-state index contributed by atoms with van der Waals surface area (Å²) in [5.41, 5.74) is 0.830. The number of hydrogen-bond donors (Lipinski definition) is 4. The molecule has 1 aliphatic heterocycles. The lowest BCUT2D eigenvalue weighted by atomic mass is 10.1. The van der Waals surface area contributed by atoms with Crippen molar-refractivity contribution in [3.05, 3.63) is 34.9 Å². The van der Waals surface area contributed by atoms with E-state index < -0.39 is 5.97 Å². The summed E-state index contributed by atoms with van der Waals surface area (Å²) in [6.45, 7) is 8.90. The predicted octanol–water partition coefficient (Wildman–Crippen LogP) is 4.52.